The third kappa shape index (κ3) is 4.16. The lowest BCUT2D eigenvalue weighted by molar-refractivity contribution is -0.156. The van der Waals surface area contributed by atoms with Gasteiger partial charge in [0.15, 0.2) is 5.76 Å². The van der Waals surface area contributed by atoms with E-state index in [4.69, 9.17) is 19.7 Å². The molecule has 5 aliphatic rings. The molecule has 0 saturated heterocycles. The number of carboxylic acids is 1. The van der Waals surface area contributed by atoms with Crippen molar-refractivity contribution >= 4 is 47.3 Å². The summed E-state index contributed by atoms with van der Waals surface area (Å²) in [6.07, 6.45) is 10.4. The van der Waals surface area contributed by atoms with Gasteiger partial charge < -0.3 is 25.0 Å². The molecule has 10 nitrogen and oxygen atoms in total. The topological polar surface area (TPSA) is 157 Å². The van der Waals surface area contributed by atoms with Crippen LogP contribution in [0.2, 0.25) is 0 Å². The maximum Gasteiger partial charge on any atom is 0.350 e. The highest BCUT2D eigenvalue weighted by Crippen LogP contribution is 2.49. The van der Waals surface area contributed by atoms with Gasteiger partial charge in [0.25, 0.3) is 0 Å². The fourth-order valence-electron chi connectivity index (χ4n) is 6.46. The minimum Gasteiger partial charge on any atom is -0.507 e. The number of carbonyl (C=O) groups is 2. The largest absolute Gasteiger partial charge is 0.507 e. The van der Waals surface area contributed by atoms with E-state index in [1.165, 1.54) is 6.08 Å². The van der Waals surface area contributed by atoms with Crippen molar-refractivity contribution in [1.82, 2.24) is 4.98 Å². The number of allylic oxidation sites excluding steroid dienone is 7. The molecule has 1 atom stereocenters. The predicted octanol–water partition coefficient (Wildman–Crippen LogP) is 3.73. The van der Waals surface area contributed by atoms with Crippen LogP contribution in [0.1, 0.15) is 45.2 Å². The van der Waals surface area contributed by atoms with Gasteiger partial charge in [0.1, 0.15) is 0 Å². The van der Waals surface area contributed by atoms with Crippen molar-refractivity contribution in [2.24, 2.45) is 15.0 Å². The molecule has 0 saturated carbocycles. The first-order chi connectivity index (χ1) is 21.4. The molecule has 10 heteroatoms. The summed E-state index contributed by atoms with van der Waals surface area (Å²) in [4.78, 5) is 43.0. The number of nitrogens with one attached hydrogen (secondary N) is 1. The van der Waals surface area contributed by atoms with Crippen LogP contribution in [0.5, 0.6) is 0 Å². The van der Waals surface area contributed by atoms with Gasteiger partial charge in [-0.15, -0.1) is 0 Å². The molecule has 0 amide bonds. The average molecular weight is 605 g/mol. The summed E-state index contributed by atoms with van der Waals surface area (Å²) < 4.78 is 4.98. The van der Waals surface area contributed by atoms with Crippen LogP contribution in [-0.2, 0) is 14.3 Å². The zero-order valence-electron chi connectivity index (χ0n) is 25.8. The molecule has 8 bridgehead atoms. The number of H-pyrrole nitrogens is 1. The Morgan fingerprint density at radius 1 is 1.02 bits per heavy atom. The zero-order valence-corrected chi connectivity index (χ0v) is 25.8. The van der Waals surface area contributed by atoms with Crippen LogP contribution in [0, 0.1) is 6.92 Å². The van der Waals surface area contributed by atoms with Gasteiger partial charge in [-0.05, 0) is 86.3 Å². The first-order valence-corrected chi connectivity index (χ1v) is 14.4. The summed E-state index contributed by atoms with van der Waals surface area (Å²) in [5, 5.41) is 34.6. The van der Waals surface area contributed by atoms with Crippen molar-refractivity contribution in [3.8, 4) is 0 Å². The Labute approximate surface area is 259 Å². The van der Waals surface area contributed by atoms with Crippen LogP contribution < -0.4 is 10.7 Å². The first-order valence-electron chi connectivity index (χ1n) is 14.4. The number of esters is 1. The number of carbonyl (C=O) groups excluding carboxylic acids is 1. The van der Waals surface area contributed by atoms with E-state index in [1.807, 2.05) is 32.1 Å². The summed E-state index contributed by atoms with van der Waals surface area (Å²) in [6.45, 7) is 13.6. The third-order valence-corrected chi connectivity index (χ3v) is 8.94. The highest BCUT2D eigenvalue weighted by molar-refractivity contribution is 6.29. The molecule has 4 N–H and O–H groups in total. The maximum atomic E-state index is 13.3. The Morgan fingerprint density at radius 2 is 1.71 bits per heavy atom. The molecule has 6 rings (SSSR count). The van der Waals surface area contributed by atoms with Crippen molar-refractivity contribution in [2.75, 3.05) is 7.11 Å². The lowest BCUT2D eigenvalue weighted by Crippen LogP contribution is -2.43. The second-order valence-electron chi connectivity index (χ2n) is 11.3. The molecule has 0 spiro atoms. The van der Waals surface area contributed by atoms with Crippen molar-refractivity contribution in [1.29, 1.82) is 0 Å². The standard InChI is InChI=1S/C35H32N4O6/c1-8-19-15(3)22-12-24-17(5)21(10-11-28(40)41)31(38-24)30-32-29(33(42)35(30,44)34(43)45-7)18(6)25(39-32)14-27-20(9-2)16(4)23(37-27)13-26(19)36-22/h8,10-14,36,42,44H,1,9H2,2-7H3,(H,40,41)/t35-/m0/s1. The van der Waals surface area contributed by atoms with Crippen LogP contribution in [-0.4, -0.2) is 62.1 Å². The quantitative estimate of drug-likeness (QED) is 0.296. The summed E-state index contributed by atoms with van der Waals surface area (Å²) in [5.41, 5.74) is 5.39. The summed E-state index contributed by atoms with van der Waals surface area (Å²) >= 11 is 0. The highest BCUT2D eigenvalue weighted by Gasteiger charge is 2.58. The van der Waals surface area contributed by atoms with Crippen LogP contribution in [0.25, 0.3) is 18.2 Å². The number of aliphatic hydroxyl groups excluding tert-OH is 1. The van der Waals surface area contributed by atoms with Crippen LogP contribution >= 0.6 is 0 Å². The molecule has 1 aliphatic carbocycles. The van der Waals surface area contributed by atoms with Crippen molar-refractivity contribution < 1.29 is 29.6 Å². The number of hydrogen-bond donors (Lipinski definition) is 4. The van der Waals surface area contributed by atoms with E-state index >= 15 is 0 Å². The molecular formula is C35H32N4O6. The van der Waals surface area contributed by atoms with E-state index in [0.29, 0.717) is 40.2 Å². The molecule has 0 fully saturated rings. The van der Waals surface area contributed by atoms with E-state index in [0.717, 1.165) is 51.9 Å². The molecule has 0 aromatic carbocycles. The minimum absolute atomic E-state index is 0.0874. The van der Waals surface area contributed by atoms with Crippen molar-refractivity contribution in [3.05, 3.63) is 108 Å². The Balaban J connectivity index is 1.80. The maximum absolute atomic E-state index is 13.3. The van der Waals surface area contributed by atoms with Gasteiger partial charge in [-0.25, -0.2) is 24.6 Å². The predicted molar refractivity (Wildman–Crippen MR) is 173 cm³/mol. The zero-order chi connectivity index (χ0) is 32.5. The van der Waals surface area contributed by atoms with E-state index in [2.05, 4.69) is 18.5 Å². The Kier molecular flexibility index (Phi) is 6.85. The number of carboxylic acid groups (broad SMARTS) is 1. The van der Waals surface area contributed by atoms with Gasteiger partial charge in [0.05, 0.1) is 46.9 Å². The molecule has 5 heterocycles. The molecule has 228 valence electrons. The molecular weight excluding hydrogens is 572 g/mol. The Bertz CT molecular complexity index is 2130. The van der Waals surface area contributed by atoms with Crippen LogP contribution in [0.3, 0.4) is 0 Å². The summed E-state index contributed by atoms with van der Waals surface area (Å²) in [5.74, 6) is -2.96. The smallest absolute Gasteiger partial charge is 0.350 e. The molecule has 4 aliphatic heterocycles. The van der Waals surface area contributed by atoms with E-state index in [-0.39, 0.29) is 22.6 Å². The number of fused-ring (bicyclic) bond motifs is 5. The number of aromatic amines is 1. The monoisotopic (exact) mass is 604 g/mol. The lowest BCUT2D eigenvalue weighted by Gasteiger charge is -2.23. The van der Waals surface area contributed by atoms with Gasteiger partial charge in [-0.3, -0.25) is 0 Å². The molecule has 0 unspecified atom stereocenters. The number of methoxy groups -OCH3 is 1. The normalized spacial score (nSPS) is 22.2. The number of aliphatic carboxylic acids is 1. The highest BCUT2D eigenvalue weighted by atomic mass is 16.5. The minimum atomic E-state index is -2.64. The average Bonchev–Trinajstić information content (AvgIpc) is 3.72. The summed E-state index contributed by atoms with van der Waals surface area (Å²) in [6, 6.07) is 0. The van der Waals surface area contributed by atoms with Gasteiger partial charge in [0, 0.05) is 33.5 Å². The fraction of sp³-hybridized carbons (Fsp3) is 0.229. The molecule has 1 aromatic rings. The Hall–Kier alpha value is -5.35. The molecule has 1 aromatic heterocycles. The van der Waals surface area contributed by atoms with E-state index < -0.39 is 23.3 Å². The number of aromatic nitrogens is 1. The number of aliphatic hydroxyl groups is 2. The SMILES string of the molecule is C=Cc1c(C)c2[nH]c1=CC1=NC(=CC3=C(C)C4=C(O)[C@](O)(C(=O)OC)C(=C5N=C(C=2)C(C)=C5C=CC(=O)O)C4=N3)C(CC)=C1C. The first kappa shape index (κ1) is 29.7. The number of nitrogens with zero attached hydrogens (tertiary/aromatic N) is 3. The summed E-state index contributed by atoms with van der Waals surface area (Å²) in [7, 11) is 1.10. The number of ether oxygens (including phenoxy) is 1. The lowest BCUT2D eigenvalue weighted by atomic mass is 9.90. The van der Waals surface area contributed by atoms with Crippen LogP contribution in [0.15, 0.2) is 102 Å². The Morgan fingerprint density at radius 3 is 2.36 bits per heavy atom. The van der Waals surface area contributed by atoms with Crippen molar-refractivity contribution in [3.63, 3.8) is 0 Å². The number of hydrogen-bond acceptors (Lipinski definition) is 8. The van der Waals surface area contributed by atoms with E-state index in [1.54, 1.807) is 19.9 Å². The van der Waals surface area contributed by atoms with Gasteiger partial charge in [-0.1, -0.05) is 19.6 Å². The van der Waals surface area contributed by atoms with Gasteiger partial charge >= 0.3 is 11.9 Å². The second kappa shape index (κ2) is 10.4. The molecule has 0 radical (unpaired) electrons. The van der Waals surface area contributed by atoms with Gasteiger partial charge in [-0.2, -0.15) is 0 Å². The molecule has 45 heavy (non-hydrogen) atoms. The number of aliphatic imine (C=N–C) groups is 3. The fourth-order valence-corrected chi connectivity index (χ4v) is 6.46. The number of rotatable bonds is 5. The van der Waals surface area contributed by atoms with E-state index in [9.17, 15) is 24.9 Å². The second-order valence-corrected chi connectivity index (χ2v) is 11.3. The van der Waals surface area contributed by atoms with Crippen LogP contribution in [0.4, 0.5) is 0 Å². The van der Waals surface area contributed by atoms with Crippen molar-refractivity contribution in [2.45, 2.75) is 46.6 Å². The van der Waals surface area contributed by atoms with Gasteiger partial charge in [0.2, 0.25) is 5.60 Å². The third-order valence-electron chi connectivity index (χ3n) is 8.94.